The molecule has 0 aliphatic carbocycles. The van der Waals surface area contributed by atoms with Gasteiger partial charge in [0.2, 0.25) is 0 Å². The smallest absolute Gasteiger partial charge is 0.194 e. The summed E-state index contributed by atoms with van der Waals surface area (Å²) < 4.78 is 7.59. The maximum atomic E-state index is 5.60. The summed E-state index contributed by atoms with van der Waals surface area (Å²) in [5, 5.41) is 11.9. The number of ether oxygens (including phenoxy) is 1. The fourth-order valence-electron chi connectivity index (χ4n) is 2.86. The third kappa shape index (κ3) is 6.18. The van der Waals surface area contributed by atoms with Gasteiger partial charge in [-0.3, -0.25) is 0 Å². The van der Waals surface area contributed by atoms with E-state index in [4.69, 9.17) is 9.73 Å². The van der Waals surface area contributed by atoms with Crippen molar-refractivity contribution >= 4 is 17.7 Å². The maximum absolute atomic E-state index is 5.60. The Kier molecular flexibility index (Phi) is 8.54. The molecule has 8 heteroatoms. The minimum atomic E-state index is 0.550. The molecule has 7 nitrogen and oxygen atoms in total. The normalized spacial score (nSPS) is 18.2. The van der Waals surface area contributed by atoms with Gasteiger partial charge in [0.25, 0.3) is 0 Å². The number of aromatic nitrogens is 3. The molecule has 0 bridgehead atoms. The molecular weight excluding hydrogens is 336 g/mol. The van der Waals surface area contributed by atoms with Gasteiger partial charge in [0.05, 0.1) is 6.61 Å². The van der Waals surface area contributed by atoms with Crippen LogP contribution in [0.15, 0.2) is 4.99 Å². The average molecular weight is 369 g/mol. The molecule has 1 N–H and O–H groups in total. The summed E-state index contributed by atoms with van der Waals surface area (Å²) in [6.45, 7) is 9.18. The van der Waals surface area contributed by atoms with Gasteiger partial charge in [0, 0.05) is 39.2 Å². The van der Waals surface area contributed by atoms with E-state index in [-0.39, 0.29) is 0 Å². The number of hydrogen-bond donors (Lipinski definition) is 1. The van der Waals surface area contributed by atoms with E-state index in [1.54, 1.807) is 0 Å². The lowest BCUT2D eigenvalue weighted by Gasteiger charge is -2.22. The third-order valence-corrected chi connectivity index (χ3v) is 5.20. The Morgan fingerprint density at radius 1 is 1.44 bits per heavy atom. The van der Waals surface area contributed by atoms with E-state index in [2.05, 4.69) is 33.6 Å². The molecule has 0 aromatic carbocycles. The Hall–Kier alpha value is -1.28. The molecule has 1 saturated heterocycles. The SMILES string of the molecule is CCOCC1CCN(C(=NCc2nnc(C)n2C)NCCCSC)C1. The van der Waals surface area contributed by atoms with Crippen LogP contribution in [0.2, 0.25) is 0 Å². The summed E-state index contributed by atoms with van der Waals surface area (Å²) >= 11 is 1.88. The van der Waals surface area contributed by atoms with Crippen LogP contribution in [0, 0.1) is 12.8 Å². The monoisotopic (exact) mass is 368 g/mol. The summed E-state index contributed by atoms with van der Waals surface area (Å²) in [6.07, 6.45) is 4.44. The van der Waals surface area contributed by atoms with Gasteiger partial charge in [-0.25, -0.2) is 4.99 Å². The van der Waals surface area contributed by atoms with E-state index in [1.807, 2.05) is 30.3 Å². The molecule has 142 valence electrons. The largest absolute Gasteiger partial charge is 0.381 e. The van der Waals surface area contributed by atoms with E-state index in [0.29, 0.717) is 12.5 Å². The van der Waals surface area contributed by atoms with E-state index in [1.165, 1.54) is 0 Å². The maximum Gasteiger partial charge on any atom is 0.194 e. The van der Waals surface area contributed by atoms with Gasteiger partial charge in [-0.2, -0.15) is 11.8 Å². The quantitative estimate of drug-likeness (QED) is 0.406. The first-order chi connectivity index (χ1) is 12.2. The van der Waals surface area contributed by atoms with Crippen LogP contribution in [-0.4, -0.2) is 70.5 Å². The molecule has 1 aliphatic rings. The summed E-state index contributed by atoms with van der Waals surface area (Å²) in [5.41, 5.74) is 0. The Balaban J connectivity index is 1.97. The molecule has 0 saturated carbocycles. The van der Waals surface area contributed by atoms with Gasteiger partial charge in [0.15, 0.2) is 11.8 Å². The van der Waals surface area contributed by atoms with Crippen LogP contribution in [0.4, 0.5) is 0 Å². The zero-order chi connectivity index (χ0) is 18.1. The van der Waals surface area contributed by atoms with Gasteiger partial charge in [-0.15, -0.1) is 10.2 Å². The van der Waals surface area contributed by atoms with E-state index >= 15 is 0 Å². The molecule has 1 fully saturated rings. The van der Waals surface area contributed by atoms with Crippen LogP contribution in [0.1, 0.15) is 31.4 Å². The number of nitrogens with zero attached hydrogens (tertiary/aromatic N) is 5. The fourth-order valence-corrected chi connectivity index (χ4v) is 3.30. The molecule has 1 atom stereocenters. The lowest BCUT2D eigenvalue weighted by Crippen LogP contribution is -2.41. The highest BCUT2D eigenvalue weighted by Gasteiger charge is 2.25. The number of aliphatic imine (C=N–C) groups is 1. The minimum absolute atomic E-state index is 0.550. The second-order valence-corrected chi connectivity index (χ2v) is 7.38. The predicted octanol–water partition coefficient (Wildman–Crippen LogP) is 1.68. The topological polar surface area (TPSA) is 67.6 Å². The molecule has 0 radical (unpaired) electrons. The summed E-state index contributed by atoms with van der Waals surface area (Å²) in [4.78, 5) is 7.18. The molecule has 1 unspecified atom stereocenters. The molecule has 1 aromatic heterocycles. The van der Waals surface area contributed by atoms with Crippen molar-refractivity contribution in [2.75, 3.05) is 44.9 Å². The van der Waals surface area contributed by atoms with Crippen LogP contribution in [0.3, 0.4) is 0 Å². The number of rotatable bonds is 9. The minimum Gasteiger partial charge on any atom is -0.381 e. The highest BCUT2D eigenvalue weighted by molar-refractivity contribution is 7.98. The van der Waals surface area contributed by atoms with Gasteiger partial charge in [-0.05, 0) is 38.7 Å². The van der Waals surface area contributed by atoms with Crippen molar-refractivity contribution in [2.45, 2.75) is 33.2 Å². The molecule has 0 amide bonds. The number of thioether (sulfide) groups is 1. The standard InChI is InChI=1S/C17H32N6OS/c1-5-24-13-15-7-9-23(12-15)17(18-8-6-10-25-4)19-11-16-21-20-14(2)22(16)3/h15H,5-13H2,1-4H3,(H,18,19). The Morgan fingerprint density at radius 2 is 2.28 bits per heavy atom. The van der Waals surface area contributed by atoms with Crippen molar-refractivity contribution in [3.8, 4) is 0 Å². The van der Waals surface area contributed by atoms with Crippen molar-refractivity contribution in [2.24, 2.45) is 18.0 Å². The molecule has 1 aliphatic heterocycles. The molecule has 1 aromatic rings. The van der Waals surface area contributed by atoms with Crippen LogP contribution >= 0.6 is 11.8 Å². The number of nitrogens with one attached hydrogen (secondary N) is 1. The van der Waals surface area contributed by atoms with Gasteiger partial charge >= 0.3 is 0 Å². The van der Waals surface area contributed by atoms with E-state index in [0.717, 1.165) is 69.1 Å². The lowest BCUT2D eigenvalue weighted by molar-refractivity contribution is 0.114. The molecular formula is C17H32N6OS. The highest BCUT2D eigenvalue weighted by Crippen LogP contribution is 2.17. The van der Waals surface area contributed by atoms with Crippen LogP contribution in [0.25, 0.3) is 0 Å². The fraction of sp³-hybridized carbons (Fsp3) is 0.824. The van der Waals surface area contributed by atoms with Crippen molar-refractivity contribution < 1.29 is 4.74 Å². The second kappa shape index (κ2) is 10.7. The van der Waals surface area contributed by atoms with Crippen LogP contribution < -0.4 is 5.32 Å². The van der Waals surface area contributed by atoms with Gasteiger partial charge in [0.1, 0.15) is 12.4 Å². The zero-order valence-corrected chi connectivity index (χ0v) is 16.8. The first-order valence-corrected chi connectivity index (χ1v) is 10.5. The molecule has 2 heterocycles. The van der Waals surface area contributed by atoms with Crippen molar-refractivity contribution in [3.63, 3.8) is 0 Å². The Morgan fingerprint density at radius 3 is 2.96 bits per heavy atom. The number of guanidine groups is 1. The van der Waals surface area contributed by atoms with Gasteiger partial charge in [-0.1, -0.05) is 0 Å². The van der Waals surface area contributed by atoms with E-state index < -0.39 is 0 Å². The Bertz CT molecular complexity index is 547. The summed E-state index contributed by atoms with van der Waals surface area (Å²) in [7, 11) is 1.99. The molecule has 2 rings (SSSR count). The van der Waals surface area contributed by atoms with Gasteiger partial charge < -0.3 is 19.5 Å². The van der Waals surface area contributed by atoms with E-state index in [9.17, 15) is 0 Å². The second-order valence-electron chi connectivity index (χ2n) is 6.40. The average Bonchev–Trinajstić information content (AvgIpc) is 3.21. The zero-order valence-electron chi connectivity index (χ0n) is 16.0. The third-order valence-electron chi connectivity index (χ3n) is 4.50. The van der Waals surface area contributed by atoms with Crippen molar-refractivity contribution in [1.29, 1.82) is 0 Å². The Labute approximate surface area is 155 Å². The summed E-state index contributed by atoms with van der Waals surface area (Å²) in [5.74, 6) is 4.55. The molecule has 0 spiro atoms. The predicted molar refractivity (Wildman–Crippen MR) is 104 cm³/mol. The summed E-state index contributed by atoms with van der Waals surface area (Å²) in [6, 6.07) is 0. The first-order valence-electron chi connectivity index (χ1n) is 9.10. The molecule has 25 heavy (non-hydrogen) atoms. The van der Waals surface area contributed by atoms with Crippen molar-refractivity contribution in [3.05, 3.63) is 11.6 Å². The van der Waals surface area contributed by atoms with Crippen molar-refractivity contribution in [1.82, 2.24) is 25.0 Å². The van der Waals surface area contributed by atoms with Crippen LogP contribution in [-0.2, 0) is 18.3 Å². The first kappa shape index (κ1) is 20.0. The number of hydrogen-bond acceptors (Lipinski definition) is 5. The van der Waals surface area contributed by atoms with Crippen LogP contribution in [0.5, 0.6) is 0 Å². The number of aryl methyl sites for hydroxylation is 1. The lowest BCUT2D eigenvalue weighted by atomic mass is 10.1. The number of likely N-dealkylation sites (tertiary alicyclic amines) is 1. The highest BCUT2D eigenvalue weighted by atomic mass is 32.2.